The van der Waals surface area contributed by atoms with Crippen LogP contribution in [0.5, 0.6) is 5.75 Å². The third-order valence-corrected chi connectivity index (χ3v) is 2.59. The van der Waals surface area contributed by atoms with Crippen LogP contribution < -0.4 is 4.74 Å². The number of hydrogen-bond acceptors (Lipinski definition) is 3. The van der Waals surface area contributed by atoms with Gasteiger partial charge in [-0.3, -0.25) is 0 Å². The number of carbonyl (C=O) groups excluding carboxylic acids is 1. The Hall–Kier alpha value is -2.17. The molecule has 2 aromatic rings. The van der Waals surface area contributed by atoms with Crippen LogP contribution in [-0.2, 0) is 4.74 Å². The van der Waals surface area contributed by atoms with E-state index in [2.05, 4.69) is 4.74 Å². The summed E-state index contributed by atoms with van der Waals surface area (Å²) in [6.45, 7) is -1.18. The van der Waals surface area contributed by atoms with Crippen LogP contribution in [0.4, 0.5) is 8.78 Å². The normalized spacial score (nSPS) is 10.7. The molecule has 0 radical (unpaired) electrons. The molecule has 19 heavy (non-hydrogen) atoms. The molecular weight excluding hydrogens is 254 g/mol. The number of esters is 1. The lowest BCUT2D eigenvalue weighted by atomic mass is 10.0. The van der Waals surface area contributed by atoms with Crippen molar-refractivity contribution in [2.45, 2.75) is 13.5 Å². The number of hydrogen-bond donors (Lipinski definition) is 0. The molecule has 0 heterocycles. The molecule has 2 rings (SSSR count). The SMILES string of the molecule is CCOC(=O)c1c(OC(F)F)ccc2ccccc12. The van der Waals surface area contributed by atoms with Crippen molar-refractivity contribution < 1.29 is 23.0 Å². The van der Waals surface area contributed by atoms with Crippen molar-refractivity contribution in [1.29, 1.82) is 0 Å². The van der Waals surface area contributed by atoms with Gasteiger partial charge < -0.3 is 9.47 Å². The van der Waals surface area contributed by atoms with Crippen LogP contribution in [0.1, 0.15) is 17.3 Å². The molecule has 3 nitrogen and oxygen atoms in total. The van der Waals surface area contributed by atoms with Crippen molar-refractivity contribution in [2.75, 3.05) is 6.61 Å². The summed E-state index contributed by atoms with van der Waals surface area (Å²) in [7, 11) is 0. The Kier molecular flexibility index (Phi) is 3.94. The van der Waals surface area contributed by atoms with Gasteiger partial charge in [-0.25, -0.2) is 4.79 Å². The average Bonchev–Trinajstić information content (AvgIpc) is 2.38. The molecule has 0 saturated heterocycles. The van der Waals surface area contributed by atoms with Gasteiger partial charge in [0.25, 0.3) is 0 Å². The van der Waals surface area contributed by atoms with E-state index in [0.29, 0.717) is 5.39 Å². The number of fused-ring (bicyclic) bond motifs is 1. The van der Waals surface area contributed by atoms with Crippen molar-refractivity contribution >= 4 is 16.7 Å². The molecule has 0 aliphatic rings. The van der Waals surface area contributed by atoms with Crippen molar-refractivity contribution in [3.8, 4) is 5.75 Å². The lowest BCUT2D eigenvalue weighted by Crippen LogP contribution is -2.11. The summed E-state index contributed by atoms with van der Waals surface area (Å²) in [5.74, 6) is -0.845. The zero-order valence-electron chi connectivity index (χ0n) is 10.2. The Morgan fingerprint density at radius 2 is 1.95 bits per heavy atom. The highest BCUT2D eigenvalue weighted by molar-refractivity contribution is 6.07. The number of ether oxygens (including phenoxy) is 2. The van der Waals surface area contributed by atoms with E-state index in [1.807, 2.05) is 0 Å². The zero-order chi connectivity index (χ0) is 13.8. The first kappa shape index (κ1) is 13.3. The van der Waals surface area contributed by atoms with Gasteiger partial charge in [-0.1, -0.05) is 30.3 Å². The van der Waals surface area contributed by atoms with Gasteiger partial charge in [0, 0.05) is 0 Å². The topological polar surface area (TPSA) is 35.5 Å². The van der Waals surface area contributed by atoms with Crippen molar-refractivity contribution in [1.82, 2.24) is 0 Å². The Morgan fingerprint density at radius 1 is 1.21 bits per heavy atom. The minimum absolute atomic E-state index is 0.0280. The first-order valence-electron chi connectivity index (χ1n) is 5.77. The highest BCUT2D eigenvalue weighted by atomic mass is 19.3. The van der Waals surface area contributed by atoms with Gasteiger partial charge in [0.15, 0.2) is 0 Å². The third kappa shape index (κ3) is 2.81. The molecule has 0 spiro atoms. The molecule has 2 aromatic carbocycles. The molecule has 0 bridgehead atoms. The van der Waals surface area contributed by atoms with Gasteiger partial charge in [-0.2, -0.15) is 8.78 Å². The minimum Gasteiger partial charge on any atom is -0.462 e. The Morgan fingerprint density at radius 3 is 2.63 bits per heavy atom. The van der Waals surface area contributed by atoms with Crippen LogP contribution in [0, 0.1) is 0 Å². The molecule has 0 aromatic heterocycles. The fraction of sp³-hybridized carbons (Fsp3) is 0.214. The number of carbonyl (C=O) groups is 1. The molecular formula is C14H12F2O3. The predicted octanol–water partition coefficient (Wildman–Crippen LogP) is 3.62. The molecule has 0 amide bonds. The summed E-state index contributed by atoms with van der Waals surface area (Å²) in [6.07, 6.45) is 0. The molecule has 100 valence electrons. The van der Waals surface area contributed by atoms with Crippen molar-refractivity contribution in [2.24, 2.45) is 0 Å². The predicted molar refractivity (Wildman–Crippen MR) is 66.5 cm³/mol. The van der Waals surface area contributed by atoms with Crippen molar-refractivity contribution in [3.05, 3.63) is 42.0 Å². The maximum Gasteiger partial charge on any atom is 0.387 e. The van der Waals surface area contributed by atoms with E-state index in [-0.39, 0.29) is 17.9 Å². The van der Waals surface area contributed by atoms with E-state index in [1.165, 1.54) is 6.07 Å². The third-order valence-electron chi connectivity index (χ3n) is 2.59. The Bertz CT molecular complexity index is 596. The summed E-state index contributed by atoms with van der Waals surface area (Å²) < 4.78 is 34.0. The van der Waals surface area contributed by atoms with Crippen molar-refractivity contribution in [3.63, 3.8) is 0 Å². The van der Waals surface area contributed by atoms with Gasteiger partial charge in [-0.05, 0) is 23.8 Å². The Labute approximate surface area is 108 Å². The number of halogens is 2. The molecule has 0 aliphatic heterocycles. The van der Waals surface area contributed by atoms with Gasteiger partial charge in [-0.15, -0.1) is 0 Å². The van der Waals surface area contributed by atoms with E-state index in [1.54, 1.807) is 37.3 Å². The molecule has 0 aliphatic carbocycles. The summed E-state index contributed by atoms with van der Waals surface area (Å²) in [5, 5.41) is 1.28. The maximum absolute atomic E-state index is 12.4. The monoisotopic (exact) mass is 266 g/mol. The molecule has 0 atom stereocenters. The molecule has 0 saturated carbocycles. The van der Waals surface area contributed by atoms with Crippen LogP contribution in [0.3, 0.4) is 0 Å². The molecule has 5 heteroatoms. The largest absolute Gasteiger partial charge is 0.462 e. The standard InChI is InChI=1S/C14H12F2O3/c1-2-18-13(17)12-10-6-4-3-5-9(10)7-8-11(12)19-14(15)16/h3-8,14H,2H2,1H3. The van der Waals surface area contributed by atoms with Crippen LogP contribution >= 0.6 is 0 Å². The summed E-state index contributed by atoms with van der Waals surface area (Å²) >= 11 is 0. The molecule has 0 N–H and O–H groups in total. The highest BCUT2D eigenvalue weighted by Crippen LogP contribution is 2.29. The van der Waals surface area contributed by atoms with Gasteiger partial charge in [0.2, 0.25) is 0 Å². The fourth-order valence-electron chi connectivity index (χ4n) is 1.86. The second kappa shape index (κ2) is 5.65. The summed E-state index contributed by atoms with van der Waals surface area (Å²) in [6, 6.07) is 9.93. The van der Waals surface area contributed by atoms with Crippen LogP contribution in [0.25, 0.3) is 10.8 Å². The van der Waals surface area contributed by atoms with E-state index >= 15 is 0 Å². The maximum atomic E-state index is 12.4. The molecule has 0 unspecified atom stereocenters. The number of alkyl halides is 2. The van der Waals surface area contributed by atoms with E-state index < -0.39 is 12.6 Å². The van der Waals surface area contributed by atoms with Gasteiger partial charge in [0.1, 0.15) is 11.3 Å². The van der Waals surface area contributed by atoms with Crippen LogP contribution in [0.2, 0.25) is 0 Å². The van der Waals surface area contributed by atoms with Crippen LogP contribution in [-0.4, -0.2) is 19.2 Å². The lowest BCUT2D eigenvalue weighted by Gasteiger charge is -2.12. The highest BCUT2D eigenvalue weighted by Gasteiger charge is 2.19. The Balaban J connectivity index is 2.60. The fourth-order valence-corrected chi connectivity index (χ4v) is 1.86. The second-order valence-electron chi connectivity index (χ2n) is 3.76. The van der Waals surface area contributed by atoms with E-state index in [0.717, 1.165) is 5.39 Å². The zero-order valence-corrected chi connectivity index (χ0v) is 10.2. The first-order valence-corrected chi connectivity index (χ1v) is 5.77. The summed E-state index contributed by atoms with van der Waals surface area (Å²) in [5.41, 5.74) is 0.0280. The quantitative estimate of drug-likeness (QED) is 0.793. The van der Waals surface area contributed by atoms with Crippen LogP contribution in [0.15, 0.2) is 36.4 Å². The molecule has 0 fully saturated rings. The smallest absolute Gasteiger partial charge is 0.387 e. The number of benzene rings is 2. The summed E-state index contributed by atoms with van der Waals surface area (Å²) in [4.78, 5) is 11.9. The van der Waals surface area contributed by atoms with E-state index in [9.17, 15) is 13.6 Å². The van der Waals surface area contributed by atoms with Gasteiger partial charge >= 0.3 is 12.6 Å². The van der Waals surface area contributed by atoms with E-state index in [4.69, 9.17) is 4.74 Å². The second-order valence-corrected chi connectivity index (χ2v) is 3.76. The van der Waals surface area contributed by atoms with Gasteiger partial charge in [0.05, 0.1) is 6.61 Å². The minimum atomic E-state index is -2.99. The average molecular weight is 266 g/mol. The lowest BCUT2D eigenvalue weighted by molar-refractivity contribution is -0.0503. The number of rotatable bonds is 4. The first-order chi connectivity index (χ1) is 9.13.